The van der Waals surface area contributed by atoms with Crippen molar-refractivity contribution in [2.75, 3.05) is 5.43 Å². The van der Waals surface area contributed by atoms with Gasteiger partial charge in [-0.15, -0.1) is 10.2 Å². The molecule has 0 radical (unpaired) electrons. The van der Waals surface area contributed by atoms with Crippen molar-refractivity contribution in [3.8, 4) is 0 Å². The van der Waals surface area contributed by atoms with E-state index in [9.17, 15) is 0 Å². The number of nitrogens with zero attached hydrogens (tertiary/aromatic N) is 4. The Labute approximate surface area is 131 Å². The molecule has 3 aromatic heterocycles. The molecular formula is C16H14N6O. The van der Waals surface area contributed by atoms with Gasteiger partial charge in [0.25, 0.3) is 5.95 Å². The molecule has 0 atom stereocenters. The molecule has 7 heteroatoms. The largest absolute Gasteiger partial charge is 0.460 e. The van der Waals surface area contributed by atoms with Crippen molar-refractivity contribution in [3.05, 3.63) is 47.9 Å². The molecular weight excluding hydrogens is 292 g/mol. The number of H-pyrrole nitrogens is 1. The van der Waals surface area contributed by atoms with E-state index in [0.717, 1.165) is 22.2 Å². The van der Waals surface area contributed by atoms with E-state index >= 15 is 0 Å². The third-order valence-corrected chi connectivity index (χ3v) is 3.54. The van der Waals surface area contributed by atoms with Gasteiger partial charge in [0.2, 0.25) is 0 Å². The highest BCUT2D eigenvalue weighted by molar-refractivity contribution is 6.03. The zero-order valence-corrected chi connectivity index (χ0v) is 12.7. The Kier molecular flexibility index (Phi) is 3.04. The van der Waals surface area contributed by atoms with Crippen molar-refractivity contribution >= 4 is 33.7 Å². The summed E-state index contributed by atoms with van der Waals surface area (Å²) in [4.78, 5) is 7.63. The van der Waals surface area contributed by atoms with Crippen LogP contribution in [0.15, 0.2) is 45.9 Å². The second-order valence-corrected chi connectivity index (χ2v) is 5.22. The van der Waals surface area contributed by atoms with Crippen LogP contribution < -0.4 is 5.43 Å². The number of benzene rings is 1. The zero-order valence-electron chi connectivity index (χ0n) is 12.7. The van der Waals surface area contributed by atoms with Gasteiger partial charge >= 0.3 is 0 Å². The quantitative estimate of drug-likeness (QED) is 0.448. The van der Waals surface area contributed by atoms with E-state index in [4.69, 9.17) is 4.42 Å². The molecule has 4 rings (SSSR count). The van der Waals surface area contributed by atoms with Crippen LogP contribution in [-0.2, 0) is 0 Å². The minimum atomic E-state index is 0.326. The van der Waals surface area contributed by atoms with Crippen LogP contribution in [-0.4, -0.2) is 25.9 Å². The van der Waals surface area contributed by atoms with Gasteiger partial charge < -0.3 is 9.40 Å². The Hall–Kier alpha value is -3.22. The van der Waals surface area contributed by atoms with Crippen LogP contribution in [0.25, 0.3) is 22.1 Å². The van der Waals surface area contributed by atoms with Crippen LogP contribution in [0.5, 0.6) is 0 Å². The number of aryl methyl sites for hydroxylation is 1. The highest BCUT2D eigenvalue weighted by atomic mass is 16.3. The Morgan fingerprint density at radius 2 is 2.04 bits per heavy atom. The molecule has 0 bridgehead atoms. The van der Waals surface area contributed by atoms with Crippen LogP contribution >= 0.6 is 0 Å². The lowest BCUT2D eigenvalue weighted by Crippen LogP contribution is -2.02. The maximum Gasteiger partial charge on any atom is 0.265 e. The van der Waals surface area contributed by atoms with Gasteiger partial charge in [-0.05, 0) is 32.0 Å². The highest BCUT2D eigenvalue weighted by Gasteiger charge is 2.08. The predicted octanol–water partition coefficient (Wildman–Crippen LogP) is 3.24. The molecule has 0 unspecified atom stereocenters. The van der Waals surface area contributed by atoms with Gasteiger partial charge in [0.1, 0.15) is 22.7 Å². The fraction of sp³-hybridized carbons (Fsp3) is 0.125. The first kappa shape index (κ1) is 13.4. The topological polar surface area (TPSA) is 92.0 Å². The van der Waals surface area contributed by atoms with Gasteiger partial charge in [-0.1, -0.05) is 18.2 Å². The van der Waals surface area contributed by atoms with Gasteiger partial charge in [0.15, 0.2) is 5.65 Å². The van der Waals surface area contributed by atoms with E-state index in [1.807, 2.05) is 50.2 Å². The van der Waals surface area contributed by atoms with Gasteiger partial charge in [-0.3, -0.25) is 0 Å². The molecule has 3 heterocycles. The van der Waals surface area contributed by atoms with Crippen LogP contribution in [0, 0.1) is 6.92 Å². The molecule has 1 aromatic carbocycles. The van der Waals surface area contributed by atoms with Crippen LogP contribution in [0.3, 0.4) is 0 Å². The summed E-state index contributed by atoms with van der Waals surface area (Å²) in [6.45, 7) is 3.74. The molecule has 0 spiro atoms. The first-order valence-corrected chi connectivity index (χ1v) is 7.19. The van der Waals surface area contributed by atoms with E-state index in [0.29, 0.717) is 23.1 Å². The Bertz CT molecular complexity index is 1030. The summed E-state index contributed by atoms with van der Waals surface area (Å²) in [5.41, 5.74) is 5.91. The Morgan fingerprint density at radius 1 is 1.17 bits per heavy atom. The molecule has 0 amide bonds. The van der Waals surface area contributed by atoms with E-state index in [1.54, 1.807) is 0 Å². The molecule has 4 aromatic rings. The number of furan rings is 1. The number of nitrogens with one attached hydrogen (secondary N) is 2. The highest BCUT2D eigenvalue weighted by Crippen LogP contribution is 2.21. The third-order valence-electron chi connectivity index (χ3n) is 3.54. The molecule has 0 saturated heterocycles. The first-order chi connectivity index (χ1) is 11.2. The summed E-state index contributed by atoms with van der Waals surface area (Å²) in [6, 6.07) is 11.6. The number of fused-ring (bicyclic) bond motifs is 3. The maximum atomic E-state index is 5.51. The summed E-state index contributed by atoms with van der Waals surface area (Å²) in [7, 11) is 0. The van der Waals surface area contributed by atoms with Gasteiger partial charge in [0, 0.05) is 10.9 Å². The van der Waals surface area contributed by atoms with Gasteiger partial charge in [-0.2, -0.15) is 10.1 Å². The number of para-hydroxylation sites is 1. The average Bonchev–Trinajstić information content (AvgIpc) is 3.15. The number of aromatic amines is 1. The summed E-state index contributed by atoms with van der Waals surface area (Å²) >= 11 is 0. The molecule has 114 valence electrons. The van der Waals surface area contributed by atoms with Crippen LogP contribution in [0.4, 0.5) is 5.95 Å². The smallest absolute Gasteiger partial charge is 0.265 e. The molecule has 0 aliphatic rings. The number of rotatable bonds is 3. The zero-order chi connectivity index (χ0) is 15.8. The molecule has 0 aliphatic heterocycles. The Balaban J connectivity index is 1.65. The molecule has 0 aliphatic carbocycles. The standard InChI is InChI=1S/C16H14N6O/c1-9-7-8-13(23-9)10(2)19-21-16-18-15-14(20-22-16)11-5-3-4-6-12(11)17-15/h3-8H,1-2H3,(H2,17,18,21,22)/b19-10+. The SMILES string of the molecule is C/C(=N\Nc1nnc2c(n1)[nH]c1ccccc12)c1ccc(C)o1. The van der Waals surface area contributed by atoms with Crippen molar-refractivity contribution in [1.29, 1.82) is 0 Å². The number of hydrazone groups is 1. The van der Waals surface area contributed by atoms with Crippen LogP contribution in [0.1, 0.15) is 18.4 Å². The second kappa shape index (κ2) is 5.20. The second-order valence-electron chi connectivity index (χ2n) is 5.22. The number of hydrogen-bond acceptors (Lipinski definition) is 6. The lowest BCUT2D eigenvalue weighted by molar-refractivity contribution is 0.525. The third kappa shape index (κ3) is 2.42. The summed E-state index contributed by atoms with van der Waals surface area (Å²) in [6.07, 6.45) is 0. The lowest BCUT2D eigenvalue weighted by Gasteiger charge is -1.99. The fourth-order valence-electron chi connectivity index (χ4n) is 2.39. The summed E-state index contributed by atoms with van der Waals surface area (Å²) < 4.78 is 5.51. The van der Waals surface area contributed by atoms with Crippen molar-refractivity contribution in [2.45, 2.75) is 13.8 Å². The van der Waals surface area contributed by atoms with E-state index in [1.165, 1.54) is 0 Å². The monoisotopic (exact) mass is 306 g/mol. The first-order valence-electron chi connectivity index (χ1n) is 7.19. The number of aromatic nitrogens is 4. The van der Waals surface area contributed by atoms with E-state index < -0.39 is 0 Å². The fourth-order valence-corrected chi connectivity index (χ4v) is 2.39. The summed E-state index contributed by atoms with van der Waals surface area (Å²) in [5, 5.41) is 13.5. The number of hydrogen-bond donors (Lipinski definition) is 2. The maximum absolute atomic E-state index is 5.51. The van der Waals surface area contributed by atoms with Gasteiger partial charge in [-0.25, -0.2) is 5.43 Å². The molecule has 0 fully saturated rings. The molecule has 23 heavy (non-hydrogen) atoms. The lowest BCUT2D eigenvalue weighted by atomic mass is 10.2. The van der Waals surface area contributed by atoms with Gasteiger partial charge in [0.05, 0.1) is 0 Å². The Morgan fingerprint density at radius 3 is 2.87 bits per heavy atom. The minimum Gasteiger partial charge on any atom is -0.460 e. The van der Waals surface area contributed by atoms with Crippen LogP contribution in [0.2, 0.25) is 0 Å². The minimum absolute atomic E-state index is 0.326. The van der Waals surface area contributed by atoms with Crippen molar-refractivity contribution in [3.63, 3.8) is 0 Å². The molecule has 0 saturated carbocycles. The normalized spacial score (nSPS) is 12.2. The average molecular weight is 306 g/mol. The number of anilines is 1. The molecule has 7 nitrogen and oxygen atoms in total. The van der Waals surface area contributed by atoms with E-state index in [2.05, 4.69) is 30.7 Å². The summed E-state index contributed by atoms with van der Waals surface area (Å²) in [5.74, 6) is 1.87. The van der Waals surface area contributed by atoms with Crippen molar-refractivity contribution < 1.29 is 4.42 Å². The van der Waals surface area contributed by atoms with Crippen molar-refractivity contribution in [1.82, 2.24) is 20.2 Å². The van der Waals surface area contributed by atoms with Crippen molar-refractivity contribution in [2.24, 2.45) is 5.10 Å². The van der Waals surface area contributed by atoms with E-state index in [-0.39, 0.29) is 0 Å². The predicted molar refractivity (Wildman–Crippen MR) is 88.5 cm³/mol. The molecule has 2 N–H and O–H groups in total.